The smallest absolute Gasteiger partial charge is 0.141 e. The molecule has 21 heavy (non-hydrogen) atoms. The Hall–Kier alpha value is -1.20. The highest BCUT2D eigenvalue weighted by atomic mass is 79.9. The average molecular weight is 415 g/mol. The molecule has 0 fully saturated rings. The van der Waals surface area contributed by atoms with Crippen LogP contribution in [0.15, 0.2) is 39.3 Å². The molecule has 2 aromatic rings. The van der Waals surface area contributed by atoms with E-state index in [0.717, 1.165) is 31.7 Å². The number of anilines is 1. The summed E-state index contributed by atoms with van der Waals surface area (Å²) < 4.78 is 12.8. The van der Waals surface area contributed by atoms with Crippen LogP contribution in [0.4, 0.5) is 5.69 Å². The fourth-order valence-electron chi connectivity index (χ4n) is 2.12. The van der Waals surface area contributed by atoms with E-state index in [0.29, 0.717) is 6.54 Å². The molecule has 0 atom stereocenters. The van der Waals surface area contributed by atoms with Crippen LogP contribution in [-0.4, -0.2) is 14.2 Å². The fourth-order valence-corrected chi connectivity index (χ4v) is 3.60. The third-order valence-electron chi connectivity index (χ3n) is 3.11. The molecule has 0 radical (unpaired) electrons. The summed E-state index contributed by atoms with van der Waals surface area (Å²) in [5.74, 6) is 1.66. The van der Waals surface area contributed by atoms with Crippen molar-refractivity contribution in [3.05, 3.63) is 50.4 Å². The first-order chi connectivity index (χ1) is 10.0. The molecule has 0 unspecified atom stereocenters. The second-order valence-corrected chi connectivity index (χ2v) is 6.41. The first-order valence-corrected chi connectivity index (χ1v) is 8.04. The van der Waals surface area contributed by atoms with E-state index in [2.05, 4.69) is 50.2 Å². The van der Waals surface area contributed by atoms with Gasteiger partial charge in [0.05, 0.1) is 24.4 Å². The highest BCUT2D eigenvalue weighted by Crippen LogP contribution is 2.34. The third-order valence-corrected chi connectivity index (χ3v) is 4.16. The summed E-state index contributed by atoms with van der Waals surface area (Å²) in [5.41, 5.74) is 3.21. The fraction of sp³-hybridized carbons (Fsp3) is 0.250. The summed E-state index contributed by atoms with van der Waals surface area (Å²) in [5, 5.41) is 3.40. The van der Waals surface area contributed by atoms with Crippen LogP contribution >= 0.6 is 31.9 Å². The van der Waals surface area contributed by atoms with Gasteiger partial charge in [-0.15, -0.1) is 0 Å². The van der Waals surface area contributed by atoms with Gasteiger partial charge in [0.1, 0.15) is 11.5 Å². The molecule has 0 saturated heterocycles. The molecule has 0 aromatic heterocycles. The Bertz CT molecular complexity index is 644. The van der Waals surface area contributed by atoms with Crippen molar-refractivity contribution in [1.29, 1.82) is 0 Å². The van der Waals surface area contributed by atoms with Gasteiger partial charge in [-0.3, -0.25) is 0 Å². The quantitative estimate of drug-likeness (QED) is 0.733. The zero-order chi connectivity index (χ0) is 15.4. The van der Waals surface area contributed by atoms with Crippen molar-refractivity contribution < 1.29 is 9.47 Å². The van der Waals surface area contributed by atoms with E-state index in [1.807, 2.05) is 24.3 Å². The Labute approximate surface area is 141 Å². The van der Waals surface area contributed by atoms with Crippen LogP contribution in [0.1, 0.15) is 11.1 Å². The van der Waals surface area contributed by atoms with Crippen LogP contribution < -0.4 is 14.8 Å². The van der Waals surface area contributed by atoms with Crippen molar-refractivity contribution in [2.45, 2.75) is 13.5 Å². The van der Waals surface area contributed by atoms with Crippen molar-refractivity contribution >= 4 is 37.5 Å². The van der Waals surface area contributed by atoms with Crippen LogP contribution in [0.3, 0.4) is 0 Å². The van der Waals surface area contributed by atoms with Crippen LogP contribution in [0, 0.1) is 6.92 Å². The second-order valence-electron chi connectivity index (χ2n) is 4.64. The summed E-state index contributed by atoms with van der Waals surface area (Å²) in [6, 6.07) is 10.1. The van der Waals surface area contributed by atoms with Crippen LogP contribution in [0.5, 0.6) is 11.5 Å². The molecular formula is C16H17Br2NO2. The number of aryl methyl sites for hydroxylation is 1. The first kappa shape index (κ1) is 16.2. The van der Waals surface area contributed by atoms with Gasteiger partial charge >= 0.3 is 0 Å². The Balaban J connectivity index is 2.26. The summed E-state index contributed by atoms with van der Waals surface area (Å²) in [6.45, 7) is 2.70. The Morgan fingerprint density at radius 3 is 2.48 bits per heavy atom. The molecule has 0 spiro atoms. The van der Waals surface area contributed by atoms with Gasteiger partial charge < -0.3 is 14.8 Å². The number of methoxy groups -OCH3 is 2. The molecule has 0 bridgehead atoms. The van der Waals surface area contributed by atoms with Gasteiger partial charge in [0.2, 0.25) is 0 Å². The maximum Gasteiger partial charge on any atom is 0.141 e. The number of hydrogen-bond donors (Lipinski definition) is 1. The summed E-state index contributed by atoms with van der Waals surface area (Å²) in [4.78, 5) is 0. The van der Waals surface area contributed by atoms with Crippen molar-refractivity contribution in [1.82, 2.24) is 0 Å². The summed E-state index contributed by atoms with van der Waals surface area (Å²) in [6.07, 6.45) is 0. The van der Waals surface area contributed by atoms with Gasteiger partial charge in [-0.2, -0.15) is 0 Å². The Morgan fingerprint density at radius 2 is 1.81 bits per heavy atom. The number of ether oxygens (including phenoxy) is 2. The van der Waals surface area contributed by atoms with Crippen molar-refractivity contribution in [3.63, 3.8) is 0 Å². The molecule has 2 aromatic carbocycles. The Kier molecular flexibility index (Phi) is 5.53. The summed E-state index contributed by atoms with van der Waals surface area (Å²) in [7, 11) is 3.34. The maximum atomic E-state index is 5.46. The maximum absolute atomic E-state index is 5.46. The molecule has 0 aliphatic rings. The second kappa shape index (κ2) is 7.18. The minimum Gasteiger partial charge on any atom is -0.495 e. The molecule has 2 rings (SSSR count). The monoisotopic (exact) mass is 413 g/mol. The number of halogens is 2. The zero-order valence-electron chi connectivity index (χ0n) is 12.2. The normalized spacial score (nSPS) is 10.3. The lowest BCUT2D eigenvalue weighted by Gasteiger charge is -2.15. The van der Waals surface area contributed by atoms with E-state index in [1.54, 1.807) is 14.2 Å². The Morgan fingerprint density at radius 1 is 1.05 bits per heavy atom. The number of benzene rings is 2. The largest absolute Gasteiger partial charge is 0.495 e. The molecule has 0 aliphatic carbocycles. The van der Waals surface area contributed by atoms with E-state index in [-0.39, 0.29) is 0 Å². The van der Waals surface area contributed by atoms with Crippen LogP contribution in [0.2, 0.25) is 0 Å². The van der Waals surface area contributed by atoms with Gasteiger partial charge in [0.25, 0.3) is 0 Å². The van der Waals surface area contributed by atoms with E-state index in [9.17, 15) is 0 Å². The van der Waals surface area contributed by atoms with E-state index in [4.69, 9.17) is 9.47 Å². The van der Waals surface area contributed by atoms with Gasteiger partial charge in [0, 0.05) is 16.6 Å². The third kappa shape index (κ3) is 3.92. The van der Waals surface area contributed by atoms with Gasteiger partial charge in [-0.25, -0.2) is 0 Å². The van der Waals surface area contributed by atoms with Crippen molar-refractivity contribution in [2.24, 2.45) is 0 Å². The highest BCUT2D eigenvalue weighted by Gasteiger charge is 2.10. The molecule has 3 nitrogen and oxygen atoms in total. The van der Waals surface area contributed by atoms with Gasteiger partial charge in [0.15, 0.2) is 0 Å². The van der Waals surface area contributed by atoms with Crippen molar-refractivity contribution in [3.8, 4) is 11.5 Å². The number of rotatable bonds is 5. The molecule has 5 heteroatoms. The van der Waals surface area contributed by atoms with E-state index >= 15 is 0 Å². The lowest BCUT2D eigenvalue weighted by molar-refractivity contribution is 0.407. The predicted molar refractivity (Wildman–Crippen MR) is 93.5 cm³/mol. The molecule has 1 N–H and O–H groups in total. The molecule has 0 heterocycles. The van der Waals surface area contributed by atoms with E-state index in [1.165, 1.54) is 5.56 Å². The molecule has 112 valence electrons. The van der Waals surface area contributed by atoms with Crippen LogP contribution in [-0.2, 0) is 6.54 Å². The lowest BCUT2D eigenvalue weighted by atomic mass is 10.1. The van der Waals surface area contributed by atoms with Crippen LogP contribution in [0.25, 0.3) is 0 Å². The lowest BCUT2D eigenvalue weighted by Crippen LogP contribution is -2.04. The number of hydrogen-bond acceptors (Lipinski definition) is 3. The first-order valence-electron chi connectivity index (χ1n) is 6.45. The molecular weight excluding hydrogens is 398 g/mol. The highest BCUT2D eigenvalue weighted by molar-refractivity contribution is 9.11. The zero-order valence-corrected chi connectivity index (χ0v) is 15.3. The minimum absolute atomic E-state index is 0.640. The minimum atomic E-state index is 0.640. The van der Waals surface area contributed by atoms with E-state index < -0.39 is 0 Å². The SMILES string of the molecule is COc1ccc(C)cc1NCc1cc(Br)cc(Br)c1OC. The summed E-state index contributed by atoms with van der Waals surface area (Å²) >= 11 is 7.02. The van der Waals surface area contributed by atoms with Crippen molar-refractivity contribution in [2.75, 3.05) is 19.5 Å². The molecule has 0 saturated carbocycles. The predicted octanol–water partition coefficient (Wildman–Crippen LogP) is 5.15. The molecule has 0 aliphatic heterocycles. The average Bonchev–Trinajstić information content (AvgIpc) is 2.44. The molecule has 0 amide bonds. The topological polar surface area (TPSA) is 30.5 Å². The van der Waals surface area contributed by atoms with Gasteiger partial charge in [-0.1, -0.05) is 22.0 Å². The standard InChI is InChI=1S/C16H17Br2NO2/c1-10-4-5-15(20-2)14(6-10)19-9-11-7-12(17)8-13(18)16(11)21-3/h4-8,19H,9H2,1-3H3. The van der Waals surface area contributed by atoms with Gasteiger partial charge in [-0.05, 0) is 52.7 Å². The number of nitrogens with one attached hydrogen (secondary N) is 1.